The molecular formula is C18H30N2O. The fourth-order valence-electron chi connectivity index (χ4n) is 3.14. The Labute approximate surface area is 129 Å². The Morgan fingerprint density at radius 2 is 1.86 bits per heavy atom. The number of aliphatic hydroxyl groups excluding tert-OH is 1. The zero-order valence-corrected chi connectivity index (χ0v) is 13.7. The molecule has 2 unspecified atom stereocenters. The molecule has 2 atom stereocenters. The molecule has 0 aliphatic carbocycles. The van der Waals surface area contributed by atoms with E-state index >= 15 is 0 Å². The number of hydrogen-bond acceptors (Lipinski definition) is 3. The second-order valence-corrected chi connectivity index (χ2v) is 6.51. The maximum Gasteiger partial charge on any atom is 0.0558 e. The number of benzene rings is 1. The third-order valence-corrected chi connectivity index (χ3v) is 4.64. The van der Waals surface area contributed by atoms with Gasteiger partial charge in [0.2, 0.25) is 0 Å². The van der Waals surface area contributed by atoms with Crippen molar-refractivity contribution in [3.8, 4) is 0 Å². The summed E-state index contributed by atoms with van der Waals surface area (Å²) in [5.41, 5.74) is 2.72. The van der Waals surface area contributed by atoms with Crippen molar-refractivity contribution in [1.29, 1.82) is 0 Å². The second-order valence-electron chi connectivity index (χ2n) is 6.51. The number of nitrogens with zero attached hydrogens (tertiary/aromatic N) is 1. The summed E-state index contributed by atoms with van der Waals surface area (Å²) in [4.78, 5) is 2.40. The van der Waals surface area contributed by atoms with E-state index in [4.69, 9.17) is 0 Å². The molecule has 1 aliphatic heterocycles. The van der Waals surface area contributed by atoms with E-state index in [0.29, 0.717) is 18.0 Å². The summed E-state index contributed by atoms with van der Waals surface area (Å²) < 4.78 is 0. The Hall–Kier alpha value is -0.900. The zero-order valence-electron chi connectivity index (χ0n) is 13.7. The normalized spacial score (nSPS) is 20.4. The molecule has 1 saturated heterocycles. The van der Waals surface area contributed by atoms with Crippen LogP contribution in [0.5, 0.6) is 0 Å². The zero-order chi connectivity index (χ0) is 15.2. The third kappa shape index (κ3) is 4.53. The molecule has 0 radical (unpaired) electrons. The van der Waals surface area contributed by atoms with Gasteiger partial charge < -0.3 is 10.4 Å². The van der Waals surface area contributed by atoms with Gasteiger partial charge in [0.15, 0.2) is 0 Å². The lowest BCUT2D eigenvalue weighted by molar-refractivity contribution is 0.147. The lowest BCUT2D eigenvalue weighted by atomic mass is 9.99. The molecule has 2 rings (SSSR count). The number of hydrogen-bond donors (Lipinski definition) is 2. The molecule has 0 amide bonds. The van der Waals surface area contributed by atoms with Crippen molar-refractivity contribution in [2.45, 2.75) is 51.6 Å². The van der Waals surface area contributed by atoms with Crippen LogP contribution in [0.15, 0.2) is 24.3 Å². The molecule has 3 nitrogen and oxygen atoms in total. The van der Waals surface area contributed by atoms with E-state index in [2.05, 4.69) is 55.3 Å². The van der Waals surface area contributed by atoms with E-state index in [-0.39, 0.29) is 6.61 Å². The highest BCUT2D eigenvalue weighted by Gasteiger charge is 2.22. The van der Waals surface area contributed by atoms with Crippen LogP contribution in [0.2, 0.25) is 0 Å². The summed E-state index contributed by atoms with van der Waals surface area (Å²) in [6.45, 7) is 9.81. The Balaban J connectivity index is 2.03. The van der Waals surface area contributed by atoms with E-state index in [1.807, 2.05) is 0 Å². The van der Waals surface area contributed by atoms with E-state index < -0.39 is 0 Å². The van der Waals surface area contributed by atoms with Crippen LogP contribution in [0.3, 0.4) is 0 Å². The first kappa shape index (κ1) is 16.5. The quantitative estimate of drug-likeness (QED) is 0.810. The number of aliphatic hydroxyl groups is 1. The predicted molar refractivity (Wildman–Crippen MR) is 88.6 cm³/mol. The van der Waals surface area contributed by atoms with Crippen molar-refractivity contribution >= 4 is 0 Å². The Morgan fingerprint density at radius 1 is 1.19 bits per heavy atom. The minimum Gasteiger partial charge on any atom is -0.395 e. The van der Waals surface area contributed by atoms with Crippen molar-refractivity contribution in [3.63, 3.8) is 0 Å². The van der Waals surface area contributed by atoms with E-state index in [1.54, 1.807) is 0 Å². The van der Waals surface area contributed by atoms with E-state index in [0.717, 1.165) is 19.6 Å². The van der Waals surface area contributed by atoms with Crippen molar-refractivity contribution in [3.05, 3.63) is 35.4 Å². The highest BCUT2D eigenvalue weighted by Crippen LogP contribution is 2.23. The molecule has 2 N–H and O–H groups in total. The first-order chi connectivity index (χ1) is 10.1. The average molecular weight is 290 g/mol. The molecule has 118 valence electrons. The van der Waals surface area contributed by atoms with Gasteiger partial charge in [0.05, 0.1) is 6.61 Å². The lowest BCUT2D eigenvalue weighted by Gasteiger charge is -2.31. The molecule has 1 fully saturated rings. The van der Waals surface area contributed by atoms with Crippen LogP contribution in [-0.4, -0.2) is 42.3 Å². The summed E-state index contributed by atoms with van der Waals surface area (Å²) in [6.07, 6.45) is 2.52. The number of rotatable bonds is 7. The van der Waals surface area contributed by atoms with Crippen molar-refractivity contribution < 1.29 is 5.11 Å². The summed E-state index contributed by atoms with van der Waals surface area (Å²) in [5, 5.41) is 12.9. The molecule has 1 aromatic carbocycles. The average Bonchev–Trinajstić information content (AvgIpc) is 2.99. The van der Waals surface area contributed by atoms with Crippen LogP contribution in [0.1, 0.15) is 56.7 Å². The Morgan fingerprint density at radius 3 is 2.38 bits per heavy atom. The molecule has 0 bridgehead atoms. The fourth-order valence-corrected chi connectivity index (χ4v) is 3.14. The molecule has 1 heterocycles. The topological polar surface area (TPSA) is 35.5 Å². The van der Waals surface area contributed by atoms with Crippen LogP contribution in [-0.2, 0) is 0 Å². The smallest absolute Gasteiger partial charge is 0.0558 e. The molecule has 0 saturated carbocycles. The van der Waals surface area contributed by atoms with Crippen LogP contribution in [0, 0.1) is 0 Å². The van der Waals surface area contributed by atoms with Crippen molar-refractivity contribution in [2.75, 3.05) is 26.2 Å². The van der Waals surface area contributed by atoms with Crippen LogP contribution < -0.4 is 5.32 Å². The van der Waals surface area contributed by atoms with Gasteiger partial charge in [0.1, 0.15) is 0 Å². The highest BCUT2D eigenvalue weighted by atomic mass is 16.3. The molecular weight excluding hydrogens is 260 g/mol. The standard InChI is InChI=1S/C18H30N2O/c1-14(2)16-6-8-17(9-7-16)15(3)20(11-12-21)13-18-5-4-10-19-18/h6-9,14-15,18-19,21H,4-5,10-13H2,1-3H3. The molecule has 3 heteroatoms. The Bertz CT molecular complexity index is 410. The third-order valence-electron chi connectivity index (χ3n) is 4.64. The predicted octanol–water partition coefficient (Wildman–Crippen LogP) is 2.92. The van der Waals surface area contributed by atoms with Crippen molar-refractivity contribution in [1.82, 2.24) is 10.2 Å². The van der Waals surface area contributed by atoms with Crippen molar-refractivity contribution in [2.24, 2.45) is 0 Å². The van der Waals surface area contributed by atoms with Crippen LogP contribution in [0.4, 0.5) is 0 Å². The highest BCUT2D eigenvalue weighted by molar-refractivity contribution is 5.26. The maximum absolute atomic E-state index is 9.36. The van der Waals surface area contributed by atoms with E-state index in [1.165, 1.54) is 24.0 Å². The summed E-state index contributed by atoms with van der Waals surface area (Å²) in [6, 6.07) is 9.89. The first-order valence-electron chi connectivity index (χ1n) is 8.30. The van der Waals surface area contributed by atoms with Crippen LogP contribution in [0.25, 0.3) is 0 Å². The summed E-state index contributed by atoms with van der Waals surface area (Å²) in [7, 11) is 0. The van der Waals surface area contributed by atoms with Gasteiger partial charge in [-0.1, -0.05) is 38.1 Å². The minimum atomic E-state index is 0.223. The van der Waals surface area contributed by atoms with Gasteiger partial charge in [-0.05, 0) is 43.4 Å². The summed E-state index contributed by atoms with van der Waals surface area (Å²) >= 11 is 0. The van der Waals surface area contributed by atoms with Gasteiger partial charge in [-0.3, -0.25) is 4.90 Å². The molecule has 1 aliphatic rings. The van der Waals surface area contributed by atoms with Gasteiger partial charge >= 0.3 is 0 Å². The molecule has 0 aromatic heterocycles. The number of nitrogens with one attached hydrogen (secondary N) is 1. The lowest BCUT2D eigenvalue weighted by Crippen LogP contribution is -2.40. The largest absolute Gasteiger partial charge is 0.395 e. The maximum atomic E-state index is 9.36. The van der Waals surface area contributed by atoms with Gasteiger partial charge in [-0.15, -0.1) is 0 Å². The fraction of sp³-hybridized carbons (Fsp3) is 0.667. The Kier molecular flexibility index (Phi) is 6.22. The van der Waals surface area contributed by atoms with Gasteiger partial charge in [0.25, 0.3) is 0 Å². The molecule has 21 heavy (non-hydrogen) atoms. The first-order valence-corrected chi connectivity index (χ1v) is 8.30. The second kappa shape index (κ2) is 7.92. The van der Waals surface area contributed by atoms with Gasteiger partial charge in [-0.2, -0.15) is 0 Å². The molecule has 0 spiro atoms. The minimum absolute atomic E-state index is 0.223. The molecule has 1 aromatic rings. The van der Waals surface area contributed by atoms with Gasteiger partial charge in [0, 0.05) is 25.2 Å². The summed E-state index contributed by atoms with van der Waals surface area (Å²) in [5.74, 6) is 0.575. The SMILES string of the molecule is CC(C)c1ccc(C(C)N(CCO)CC2CCCN2)cc1. The van der Waals surface area contributed by atoms with E-state index in [9.17, 15) is 5.11 Å². The van der Waals surface area contributed by atoms with Gasteiger partial charge in [-0.25, -0.2) is 0 Å². The monoisotopic (exact) mass is 290 g/mol. The van der Waals surface area contributed by atoms with Crippen LogP contribution >= 0.6 is 0 Å².